The number of likely N-dealkylation sites (N-methyl/N-ethyl adjacent to an activating group) is 2. The molecule has 2 aliphatic rings. The van der Waals surface area contributed by atoms with E-state index in [-0.39, 0.29) is 23.6 Å². The molecule has 0 aliphatic carbocycles. The number of aromatic nitrogens is 8. The van der Waals surface area contributed by atoms with Crippen molar-refractivity contribution >= 4 is 41.2 Å². The number of amides is 4. The Morgan fingerprint density at radius 2 is 1.06 bits per heavy atom. The predicted molar refractivity (Wildman–Crippen MR) is 257 cm³/mol. The van der Waals surface area contributed by atoms with Crippen molar-refractivity contribution in [3.8, 4) is 22.8 Å². The first-order valence-corrected chi connectivity index (χ1v) is 22.4. The van der Waals surface area contributed by atoms with E-state index in [0.29, 0.717) is 48.8 Å². The normalized spacial score (nSPS) is 14.0. The van der Waals surface area contributed by atoms with Gasteiger partial charge in [0.1, 0.15) is 23.7 Å². The maximum Gasteiger partial charge on any atom is 0.272 e. The Hall–Kier alpha value is -7.05. The summed E-state index contributed by atoms with van der Waals surface area (Å²) in [7, 11) is 3.14. The maximum absolute atomic E-state index is 13.5. The van der Waals surface area contributed by atoms with E-state index in [4.69, 9.17) is 16.6 Å². The van der Waals surface area contributed by atoms with Gasteiger partial charge < -0.3 is 40.6 Å². The molecule has 0 bridgehead atoms. The minimum atomic E-state index is -0.704. The number of halogens is 1. The Morgan fingerprint density at radius 3 is 1.49 bits per heavy atom. The molecule has 6 heterocycles. The maximum atomic E-state index is 13.5. The number of hydrogen-bond donors (Lipinski definition) is 5. The number of nitrogens with zero attached hydrogens (tertiary/aromatic N) is 9. The summed E-state index contributed by atoms with van der Waals surface area (Å²) in [5.41, 5.74) is 3.32. The molecule has 2 atom stereocenters. The second kappa shape index (κ2) is 22.0. The zero-order valence-electron chi connectivity index (χ0n) is 39.2. The second-order valence-electron chi connectivity index (χ2n) is 17.9. The van der Waals surface area contributed by atoms with E-state index in [9.17, 15) is 19.2 Å². The fourth-order valence-electron chi connectivity index (χ4n) is 7.60. The summed E-state index contributed by atoms with van der Waals surface area (Å²) in [4.78, 5) is 78.7. The smallest absolute Gasteiger partial charge is 0.272 e. The first-order valence-electron chi connectivity index (χ1n) is 22.0. The number of hydrogen-bond acceptors (Lipinski definition) is 12. The molecule has 0 spiro atoms. The van der Waals surface area contributed by atoms with Crippen LogP contribution < -0.4 is 31.5 Å². The van der Waals surface area contributed by atoms with Crippen LogP contribution in [-0.4, -0.2) is 102 Å². The molecule has 0 radical (unpaired) electrons. The van der Waals surface area contributed by atoms with Crippen molar-refractivity contribution in [1.82, 2.24) is 65.6 Å². The lowest BCUT2D eigenvalue weighted by molar-refractivity contribution is -0.125. The highest BCUT2D eigenvalue weighted by molar-refractivity contribution is 6.28. The number of rotatable bonds is 9. The molecule has 5 N–H and O–H groups in total. The molecule has 19 heteroatoms. The highest BCUT2D eigenvalue weighted by Crippen LogP contribution is 2.29. The molecule has 0 saturated carbocycles. The zero-order chi connectivity index (χ0) is 48.3. The predicted octanol–water partition coefficient (Wildman–Crippen LogP) is 4.92. The Balaban J connectivity index is 0.000000195. The molecule has 67 heavy (non-hydrogen) atoms. The van der Waals surface area contributed by atoms with Crippen molar-refractivity contribution < 1.29 is 19.2 Å². The van der Waals surface area contributed by atoms with Gasteiger partial charge in [-0.05, 0) is 34.6 Å². The quantitative estimate of drug-likeness (QED) is 0.122. The van der Waals surface area contributed by atoms with Crippen LogP contribution in [0.4, 0.5) is 5.95 Å². The second-order valence-corrected chi connectivity index (χ2v) is 18.3. The van der Waals surface area contributed by atoms with Gasteiger partial charge in [-0.2, -0.15) is 0 Å². The van der Waals surface area contributed by atoms with E-state index in [2.05, 4.69) is 60.6 Å². The Labute approximate surface area is 395 Å². The summed E-state index contributed by atoms with van der Waals surface area (Å²) < 4.78 is 4.17. The Morgan fingerprint density at radius 1 is 0.612 bits per heavy atom. The highest BCUT2D eigenvalue weighted by Gasteiger charge is 2.37. The van der Waals surface area contributed by atoms with Crippen LogP contribution in [0.15, 0.2) is 97.6 Å². The third-order valence-corrected chi connectivity index (χ3v) is 11.2. The monoisotopic (exact) mass is 930 g/mol. The number of fused-ring (bicyclic) bond motifs is 2. The van der Waals surface area contributed by atoms with Crippen molar-refractivity contribution in [1.29, 1.82) is 0 Å². The molecule has 4 aromatic heterocycles. The summed E-state index contributed by atoms with van der Waals surface area (Å²) in [6.45, 7) is 15.4. The van der Waals surface area contributed by atoms with Crippen LogP contribution in [0.3, 0.4) is 0 Å². The molecular formula is C48H59ClN14O4. The van der Waals surface area contributed by atoms with Gasteiger partial charge in [-0.3, -0.25) is 19.2 Å². The Kier molecular flexibility index (Phi) is 16.2. The molecular weight excluding hydrogens is 872 g/mol. The molecule has 8 rings (SSSR count). The number of anilines is 1. The fourth-order valence-corrected chi connectivity index (χ4v) is 7.71. The summed E-state index contributed by atoms with van der Waals surface area (Å²) in [5, 5.41) is 14.7. The standard InChI is InChI=1S/C24H29N7O2.C20H27N5O2.C4H3ClN2/c1-24(2,3)19(22(33)25-4)29-21(32)18-17-15-30(23-26-11-8-12-27-23)13-14-31(17)20(28-18)16-9-6-5-7-10-16;1-20(2,3)16(19(27)21-4)24-18(26)15-14-12-22-10-11-25(14)17(23-15)13-8-6-5-7-9-13;5-4-6-2-1-3-7-4/h5-12,19H,13-15H2,1-4H3,(H,25,33)(H,29,32);5-9,16,22H,10-12H2,1-4H3,(H,21,27)(H,24,26);1-3H/t19-;16-;/m11./s1. The van der Waals surface area contributed by atoms with Crippen LogP contribution in [0.2, 0.25) is 5.28 Å². The average Bonchev–Trinajstić information content (AvgIpc) is 3.92. The van der Waals surface area contributed by atoms with Crippen molar-refractivity contribution in [2.45, 2.75) is 79.8 Å². The van der Waals surface area contributed by atoms with Crippen molar-refractivity contribution in [2.75, 3.05) is 32.1 Å². The van der Waals surface area contributed by atoms with Gasteiger partial charge in [0.05, 0.1) is 17.9 Å². The number of benzene rings is 2. The van der Waals surface area contributed by atoms with Crippen molar-refractivity contribution in [3.63, 3.8) is 0 Å². The number of carbonyl (C=O) groups is 4. The van der Waals surface area contributed by atoms with E-state index in [1.165, 1.54) is 0 Å². The van der Waals surface area contributed by atoms with Gasteiger partial charge in [0, 0.05) is 82.7 Å². The van der Waals surface area contributed by atoms with Crippen LogP contribution in [0, 0.1) is 10.8 Å². The minimum Gasteiger partial charge on any atom is -0.357 e. The van der Waals surface area contributed by atoms with Crippen LogP contribution in [0.1, 0.15) is 73.9 Å². The molecule has 4 amide bonds. The average molecular weight is 932 g/mol. The molecule has 2 aliphatic heterocycles. The number of carbonyl (C=O) groups excluding carboxylic acids is 4. The summed E-state index contributed by atoms with van der Waals surface area (Å²) >= 11 is 5.32. The molecule has 18 nitrogen and oxygen atoms in total. The summed E-state index contributed by atoms with van der Waals surface area (Å²) in [6, 6.07) is 21.8. The Bertz CT molecular complexity index is 2610. The highest BCUT2D eigenvalue weighted by atomic mass is 35.5. The van der Waals surface area contributed by atoms with E-state index >= 15 is 0 Å². The van der Waals surface area contributed by atoms with Gasteiger partial charge in [-0.1, -0.05) is 102 Å². The van der Waals surface area contributed by atoms with Crippen LogP contribution in [-0.2, 0) is 35.8 Å². The minimum absolute atomic E-state index is 0.217. The third kappa shape index (κ3) is 12.2. The molecule has 0 saturated heterocycles. The first kappa shape index (κ1) is 49.4. The number of imidazole rings is 2. The van der Waals surface area contributed by atoms with E-state index in [0.717, 1.165) is 47.3 Å². The van der Waals surface area contributed by atoms with Gasteiger partial charge in [-0.25, -0.2) is 29.9 Å². The van der Waals surface area contributed by atoms with E-state index in [1.54, 1.807) is 51.0 Å². The SMILES string of the molecule is CNC(=O)[C@@H](NC(=O)c1nc(-c2ccccc2)n2c1CN(c1ncccn1)CC2)C(C)(C)C.CNC(=O)[C@@H](NC(=O)c1nc(-c2ccccc2)n2c1CNCC2)C(C)(C)C.Clc1ncccn1. The van der Waals surface area contributed by atoms with Crippen molar-refractivity contribution in [3.05, 3.63) is 126 Å². The summed E-state index contributed by atoms with van der Waals surface area (Å²) in [6.07, 6.45) is 6.59. The summed E-state index contributed by atoms with van der Waals surface area (Å²) in [5.74, 6) is 0.960. The molecule has 352 valence electrons. The molecule has 0 fully saturated rings. The lowest BCUT2D eigenvalue weighted by Gasteiger charge is -2.31. The zero-order valence-corrected chi connectivity index (χ0v) is 39.9. The van der Waals surface area contributed by atoms with Gasteiger partial charge in [0.15, 0.2) is 11.4 Å². The van der Waals surface area contributed by atoms with Crippen LogP contribution >= 0.6 is 11.6 Å². The van der Waals surface area contributed by atoms with Gasteiger partial charge in [-0.15, -0.1) is 0 Å². The fraction of sp³-hybridized carbons (Fsp3) is 0.375. The first-order chi connectivity index (χ1) is 32.0. The van der Waals surface area contributed by atoms with E-state index in [1.807, 2.05) is 107 Å². The van der Waals surface area contributed by atoms with Crippen LogP contribution in [0.5, 0.6) is 0 Å². The molecule has 0 unspecified atom stereocenters. The molecule has 2 aromatic carbocycles. The van der Waals surface area contributed by atoms with Crippen molar-refractivity contribution in [2.24, 2.45) is 10.8 Å². The van der Waals surface area contributed by atoms with E-state index < -0.39 is 22.9 Å². The lowest BCUT2D eigenvalue weighted by Crippen LogP contribution is -2.53. The molecule has 6 aromatic rings. The largest absolute Gasteiger partial charge is 0.357 e. The van der Waals surface area contributed by atoms with Gasteiger partial charge in [0.2, 0.25) is 23.0 Å². The lowest BCUT2D eigenvalue weighted by atomic mass is 9.86. The third-order valence-electron chi connectivity index (χ3n) is 11.0. The van der Waals surface area contributed by atoms with Gasteiger partial charge in [0.25, 0.3) is 11.8 Å². The number of nitrogens with one attached hydrogen (secondary N) is 5. The topological polar surface area (TPSA) is 219 Å². The van der Waals surface area contributed by atoms with Gasteiger partial charge >= 0.3 is 0 Å². The van der Waals surface area contributed by atoms with Crippen LogP contribution in [0.25, 0.3) is 22.8 Å².